The van der Waals surface area contributed by atoms with E-state index in [1.807, 2.05) is 0 Å². The third-order valence-corrected chi connectivity index (χ3v) is 2.56. The zero-order valence-corrected chi connectivity index (χ0v) is 9.87. The fourth-order valence-corrected chi connectivity index (χ4v) is 1.21. The number of likely N-dealkylation sites (N-methyl/N-ethyl adjacent to an activating group) is 1. The lowest BCUT2D eigenvalue weighted by Crippen LogP contribution is -2.43. The fraction of sp³-hybridized carbons (Fsp3) is 0.800. The van der Waals surface area contributed by atoms with Crippen LogP contribution >= 0.6 is 0 Å². The first-order valence-corrected chi connectivity index (χ1v) is 5.22. The van der Waals surface area contributed by atoms with Crippen molar-refractivity contribution >= 4 is 11.9 Å². The van der Waals surface area contributed by atoms with Crippen LogP contribution in [0.2, 0.25) is 0 Å². The molecule has 2 unspecified atom stereocenters. The first kappa shape index (κ1) is 11.8. The highest BCUT2D eigenvalue weighted by molar-refractivity contribution is 5.86. The summed E-state index contributed by atoms with van der Waals surface area (Å²) in [6.45, 7) is 2.48. The molecule has 0 saturated heterocycles. The van der Waals surface area contributed by atoms with E-state index in [1.165, 1.54) is 6.42 Å². The lowest BCUT2D eigenvalue weighted by atomic mass is 10.5. The van der Waals surface area contributed by atoms with Gasteiger partial charge >= 0.3 is 0 Å². The molecular weight excluding hydrogens is 192 g/mol. The molecule has 1 amide bonds. The number of rotatable bonds is 3. The Labute approximate surface area is 90.9 Å². The average molecular weight is 212 g/mol. The molecule has 5 heteroatoms. The Kier molecular flexibility index (Phi) is 3.94. The van der Waals surface area contributed by atoms with E-state index >= 15 is 0 Å². The summed E-state index contributed by atoms with van der Waals surface area (Å²) in [5.74, 6) is 1.47. The molecule has 2 N–H and O–H groups in total. The van der Waals surface area contributed by atoms with Crippen molar-refractivity contribution in [2.75, 3.05) is 27.7 Å². The summed E-state index contributed by atoms with van der Waals surface area (Å²) in [6, 6.07) is 0.519. The van der Waals surface area contributed by atoms with Crippen LogP contribution in [-0.2, 0) is 4.79 Å². The van der Waals surface area contributed by atoms with Gasteiger partial charge in [-0.05, 0) is 12.3 Å². The summed E-state index contributed by atoms with van der Waals surface area (Å²) in [4.78, 5) is 16.9. The van der Waals surface area contributed by atoms with Gasteiger partial charge in [0, 0.05) is 27.2 Å². The Morgan fingerprint density at radius 2 is 2.13 bits per heavy atom. The summed E-state index contributed by atoms with van der Waals surface area (Å²) in [7, 11) is 5.19. The molecule has 0 aliphatic heterocycles. The van der Waals surface area contributed by atoms with Crippen LogP contribution in [0.3, 0.4) is 0 Å². The van der Waals surface area contributed by atoms with Gasteiger partial charge in [0.05, 0.1) is 6.54 Å². The van der Waals surface area contributed by atoms with Crippen LogP contribution in [0, 0.1) is 5.92 Å². The number of carbonyl (C=O) groups is 1. The quantitative estimate of drug-likeness (QED) is 0.496. The van der Waals surface area contributed by atoms with Gasteiger partial charge < -0.3 is 15.5 Å². The van der Waals surface area contributed by atoms with Gasteiger partial charge in [-0.1, -0.05) is 6.92 Å². The molecule has 0 aromatic heterocycles. The number of nitrogens with zero attached hydrogens (tertiary/aromatic N) is 2. The van der Waals surface area contributed by atoms with Crippen molar-refractivity contribution in [3.63, 3.8) is 0 Å². The largest absolute Gasteiger partial charge is 0.353 e. The van der Waals surface area contributed by atoms with E-state index in [0.717, 1.165) is 0 Å². The number of guanidine groups is 1. The second-order valence-corrected chi connectivity index (χ2v) is 4.18. The van der Waals surface area contributed by atoms with Crippen molar-refractivity contribution in [2.45, 2.75) is 19.4 Å². The molecule has 0 aromatic rings. The van der Waals surface area contributed by atoms with Gasteiger partial charge in [-0.2, -0.15) is 0 Å². The summed E-state index contributed by atoms with van der Waals surface area (Å²) >= 11 is 0. The maximum atomic E-state index is 11.3. The Balaban J connectivity index is 2.26. The monoisotopic (exact) mass is 212 g/mol. The molecule has 1 rings (SSSR count). The van der Waals surface area contributed by atoms with E-state index in [2.05, 4.69) is 22.5 Å². The highest BCUT2D eigenvalue weighted by Crippen LogP contribution is 2.28. The van der Waals surface area contributed by atoms with E-state index < -0.39 is 0 Å². The van der Waals surface area contributed by atoms with Crippen molar-refractivity contribution < 1.29 is 4.79 Å². The highest BCUT2D eigenvalue weighted by Gasteiger charge is 2.33. The normalized spacial score (nSPS) is 24.7. The van der Waals surface area contributed by atoms with Crippen molar-refractivity contribution in [2.24, 2.45) is 10.9 Å². The molecule has 1 aliphatic carbocycles. The highest BCUT2D eigenvalue weighted by atomic mass is 16.2. The van der Waals surface area contributed by atoms with Gasteiger partial charge in [-0.15, -0.1) is 0 Å². The summed E-state index contributed by atoms with van der Waals surface area (Å²) in [5, 5.41) is 6.24. The molecule has 86 valence electrons. The molecule has 0 spiro atoms. The fourth-order valence-electron chi connectivity index (χ4n) is 1.21. The van der Waals surface area contributed by atoms with Crippen molar-refractivity contribution in [3.8, 4) is 0 Å². The Morgan fingerprint density at radius 1 is 1.53 bits per heavy atom. The van der Waals surface area contributed by atoms with Gasteiger partial charge in [0.2, 0.25) is 5.91 Å². The Hall–Kier alpha value is -1.26. The first-order chi connectivity index (χ1) is 7.04. The molecule has 5 nitrogen and oxygen atoms in total. The Bertz CT molecular complexity index is 262. The van der Waals surface area contributed by atoms with Crippen molar-refractivity contribution in [1.82, 2.24) is 15.5 Å². The third kappa shape index (κ3) is 3.77. The number of amides is 1. The van der Waals surface area contributed by atoms with Crippen LogP contribution in [0.5, 0.6) is 0 Å². The first-order valence-electron chi connectivity index (χ1n) is 5.22. The number of hydrogen-bond acceptors (Lipinski definition) is 2. The lowest BCUT2D eigenvalue weighted by molar-refractivity contribution is -0.127. The van der Waals surface area contributed by atoms with Gasteiger partial charge in [0.25, 0.3) is 0 Å². The molecular formula is C10H20N4O. The van der Waals surface area contributed by atoms with Crippen LogP contribution in [0.25, 0.3) is 0 Å². The minimum absolute atomic E-state index is 0.0433. The van der Waals surface area contributed by atoms with E-state index in [0.29, 0.717) is 17.9 Å². The molecule has 0 radical (unpaired) electrons. The van der Waals surface area contributed by atoms with Gasteiger partial charge in [-0.3, -0.25) is 9.79 Å². The number of carbonyl (C=O) groups excluding carboxylic acids is 1. The van der Waals surface area contributed by atoms with Gasteiger partial charge in [-0.25, -0.2) is 0 Å². The smallest absolute Gasteiger partial charge is 0.241 e. The predicted molar refractivity (Wildman–Crippen MR) is 60.8 cm³/mol. The minimum atomic E-state index is 0.0433. The van der Waals surface area contributed by atoms with Gasteiger partial charge in [0.1, 0.15) is 0 Å². The van der Waals surface area contributed by atoms with Crippen LogP contribution in [-0.4, -0.2) is 50.5 Å². The summed E-state index contributed by atoms with van der Waals surface area (Å²) in [6.07, 6.45) is 1.18. The number of nitrogens with one attached hydrogen (secondary N) is 2. The molecule has 2 atom stereocenters. The Morgan fingerprint density at radius 3 is 2.53 bits per heavy atom. The predicted octanol–water partition coefficient (Wildman–Crippen LogP) is -0.352. The summed E-state index contributed by atoms with van der Waals surface area (Å²) < 4.78 is 0. The molecule has 0 heterocycles. The molecule has 15 heavy (non-hydrogen) atoms. The third-order valence-electron chi connectivity index (χ3n) is 2.56. The number of aliphatic imine (C=N–C) groups is 1. The maximum Gasteiger partial charge on any atom is 0.241 e. The van der Waals surface area contributed by atoms with Crippen LogP contribution in [0.1, 0.15) is 13.3 Å². The summed E-state index contributed by atoms with van der Waals surface area (Å²) in [5.41, 5.74) is 0. The second-order valence-electron chi connectivity index (χ2n) is 4.18. The van der Waals surface area contributed by atoms with Crippen LogP contribution in [0.4, 0.5) is 0 Å². The molecule has 1 fully saturated rings. The standard InChI is InChI=1S/C10H20N4O/c1-7-5-8(7)13-10(11-2)12-6-9(15)14(3)4/h7-8H,5-6H2,1-4H3,(H2,11,12,13). The van der Waals surface area contributed by atoms with Gasteiger partial charge in [0.15, 0.2) is 5.96 Å². The lowest BCUT2D eigenvalue weighted by Gasteiger charge is -2.14. The molecule has 1 aliphatic rings. The van der Waals surface area contributed by atoms with E-state index in [1.54, 1.807) is 26.0 Å². The van der Waals surface area contributed by atoms with E-state index in [4.69, 9.17) is 0 Å². The maximum absolute atomic E-state index is 11.3. The van der Waals surface area contributed by atoms with Crippen molar-refractivity contribution in [3.05, 3.63) is 0 Å². The second kappa shape index (κ2) is 5.00. The van der Waals surface area contributed by atoms with Crippen LogP contribution in [0.15, 0.2) is 4.99 Å². The molecule has 0 aromatic carbocycles. The molecule has 0 bridgehead atoms. The van der Waals surface area contributed by atoms with Crippen molar-refractivity contribution in [1.29, 1.82) is 0 Å². The number of hydrogen-bond donors (Lipinski definition) is 2. The topological polar surface area (TPSA) is 56.7 Å². The van der Waals surface area contributed by atoms with E-state index in [-0.39, 0.29) is 12.5 Å². The zero-order valence-electron chi connectivity index (χ0n) is 9.87. The van der Waals surface area contributed by atoms with Crippen LogP contribution < -0.4 is 10.6 Å². The zero-order chi connectivity index (χ0) is 11.4. The minimum Gasteiger partial charge on any atom is -0.353 e. The SMILES string of the molecule is CN=C(NCC(=O)N(C)C)NC1CC1C. The molecule has 1 saturated carbocycles. The average Bonchev–Trinajstić information content (AvgIpc) is 2.88. The van der Waals surface area contributed by atoms with E-state index in [9.17, 15) is 4.79 Å².